The Balaban J connectivity index is 1.42. The normalized spacial score (nSPS) is 15.7. The van der Waals surface area contributed by atoms with E-state index in [0.717, 1.165) is 47.9 Å². The molecule has 1 fully saturated rings. The molecule has 0 spiro atoms. The zero-order valence-corrected chi connectivity index (χ0v) is 20.2. The second kappa shape index (κ2) is 10.9. The minimum Gasteiger partial charge on any atom is -0.391 e. The van der Waals surface area contributed by atoms with E-state index in [9.17, 15) is 5.11 Å². The Kier molecular flexibility index (Phi) is 7.32. The van der Waals surface area contributed by atoms with Crippen molar-refractivity contribution in [1.82, 2.24) is 30.0 Å². The first-order chi connectivity index (χ1) is 17.2. The summed E-state index contributed by atoms with van der Waals surface area (Å²) in [6.45, 7) is 3.35. The van der Waals surface area contributed by atoms with Crippen molar-refractivity contribution in [2.24, 2.45) is 0 Å². The fourth-order valence-corrected chi connectivity index (χ4v) is 4.67. The monoisotopic (exact) mass is 471 g/mol. The summed E-state index contributed by atoms with van der Waals surface area (Å²) in [4.78, 5) is 16.2. The molecule has 0 bridgehead atoms. The number of hydrogen-bond donors (Lipinski definition) is 2. The molecular formula is C27H33N7O. The van der Waals surface area contributed by atoms with Gasteiger partial charge in [0.05, 0.1) is 6.10 Å². The molecule has 182 valence electrons. The summed E-state index contributed by atoms with van der Waals surface area (Å²) in [5.41, 5.74) is 6.93. The number of fused-ring (bicyclic) bond motifs is 1. The van der Waals surface area contributed by atoms with Crippen molar-refractivity contribution >= 4 is 17.0 Å². The molecule has 2 aromatic heterocycles. The van der Waals surface area contributed by atoms with E-state index >= 15 is 0 Å². The van der Waals surface area contributed by atoms with E-state index in [1.54, 1.807) is 6.33 Å². The van der Waals surface area contributed by atoms with Crippen LogP contribution in [0.1, 0.15) is 25.7 Å². The topological polar surface area (TPSA) is 82.3 Å². The van der Waals surface area contributed by atoms with Gasteiger partial charge in [0.15, 0.2) is 17.0 Å². The van der Waals surface area contributed by atoms with E-state index in [0.29, 0.717) is 18.8 Å². The van der Waals surface area contributed by atoms with Gasteiger partial charge in [-0.05, 0) is 31.4 Å². The van der Waals surface area contributed by atoms with Crippen molar-refractivity contribution < 1.29 is 5.11 Å². The Morgan fingerprint density at radius 1 is 1.00 bits per heavy atom. The van der Waals surface area contributed by atoms with Gasteiger partial charge in [0.2, 0.25) is 0 Å². The quantitative estimate of drug-likeness (QED) is 0.406. The molecule has 1 aliphatic rings. The number of hydrazine groups is 1. The predicted molar refractivity (Wildman–Crippen MR) is 139 cm³/mol. The molecule has 35 heavy (non-hydrogen) atoms. The Morgan fingerprint density at radius 2 is 1.77 bits per heavy atom. The molecule has 2 aromatic carbocycles. The zero-order valence-electron chi connectivity index (χ0n) is 20.2. The lowest BCUT2D eigenvalue weighted by Crippen LogP contribution is -2.40. The van der Waals surface area contributed by atoms with Gasteiger partial charge in [-0.15, -0.1) is 0 Å². The summed E-state index contributed by atoms with van der Waals surface area (Å²) in [5, 5.41) is 13.0. The number of anilines is 1. The highest BCUT2D eigenvalue weighted by Crippen LogP contribution is 2.31. The van der Waals surface area contributed by atoms with Gasteiger partial charge in [0.25, 0.3) is 0 Å². The Hall–Kier alpha value is -3.33. The molecule has 1 atom stereocenters. The van der Waals surface area contributed by atoms with E-state index in [1.807, 2.05) is 48.3 Å². The first-order valence-electron chi connectivity index (χ1n) is 12.4. The summed E-state index contributed by atoms with van der Waals surface area (Å²) in [7, 11) is 1.96. The average molecular weight is 472 g/mol. The molecule has 2 N–H and O–H groups in total. The molecule has 1 unspecified atom stereocenters. The molecule has 0 saturated carbocycles. The lowest BCUT2D eigenvalue weighted by molar-refractivity contribution is 0.126. The van der Waals surface area contributed by atoms with Gasteiger partial charge in [-0.2, -0.15) is 0 Å². The molecular weight excluding hydrogens is 438 g/mol. The van der Waals surface area contributed by atoms with Crippen LogP contribution >= 0.6 is 0 Å². The van der Waals surface area contributed by atoms with Crippen molar-refractivity contribution in [1.29, 1.82) is 0 Å². The maximum Gasteiger partial charge on any atom is 0.170 e. The number of para-hydroxylation sites is 1. The second-order valence-corrected chi connectivity index (χ2v) is 9.12. The van der Waals surface area contributed by atoms with Crippen LogP contribution in [0.25, 0.3) is 28.2 Å². The van der Waals surface area contributed by atoms with Crippen LogP contribution in [0.3, 0.4) is 0 Å². The third-order valence-electron chi connectivity index (χ3n) is 6.49. The molecule has 0 aliphatic carbocycles. The van der Waals surface area contributed by atoms with E-state index in [-0.39, 0.29) is 0 Å². The van der Waals surface area contributed by atoms with Crippen LogP contribution in [0.5, 0.6) is 0 Å². The van der Waals surface area contributed by atoms with Gasteiger partial charge in [0, 0.05) is 44.5 Å². The van der Waals surface area contributed by atoms with Gasteiger partial charge >= 0.3 is 0 Å². The van der Waals surface area contributed by atoms with Crippen LogP contribution in [0.15, 0.2) is 67.0 Å². The smallest absolute Gasteiger partial charge is 0.170 e. The summed E-state index contributed by atoms with van der Waals surface area (Å²) in [6.07, 6.45) is 5.48. The Bertz CT molecular complexity index is 1220. The molecule has 5 rings (SSSR count). The van der Waals surface area contributed by atoms with Crippen molar-refractivity contribution in [2.75, 3.05) is 38.1 Å². The standard InChI is InChI=1S/C27H33N7O/c1-32(19-23(35)15-18-33-17-10-4-9-16-30-33)26-24-27(29-20-28-26)34(22-13-7-3-8-14-22)25(31-24)21-11-5-2-6-12-21/h2-3,5-8,11-14,20,23,30,35H,4,9-10,15-19H2,1H3. The molecule has 8 nitrogen and oxygen atoms in total. The summed E-state index contributed by atoms with van der Waals surface area (Å²) < 4.78 is 2.07. The van der Waals surface area contributed by atoms with Crippen LogP contribution in [-0.2, 0) is 0 Å². The fraction of sp³-hybridized carbons (Fsp3) is 0.370. The Morgan fingerprint density at radius 3 is 2.57 bits per heavy atom. The molecule has 3 heterocycles. The SMILES string of the molecule is CN(CC(O)CCN1CCCCCN1)c1ncnc2c1nc(-c1ccccc1)n2-c1ccccc1. The summed E-state index contributed by atoms with van der Waals surface area (Å²) in [5.74, 6) is 1.53. The number of benzene rings is 2. The Labute approximate surface area is 206 Å². The van der Waals surface area contributed by atoms with Gasteiger partial charge in [-0.1, -0.05) is 55.0 Å². The largest absolute Gasteiger partial charge is 0.391 e. The van der Waals surface area contributed by atoms with Gasteiger partial charge < -0.3 is 10.0 Å². The maximum absolute atomic E-state index is 10.8. The molecule has 0 radical (unpaired) electrons. The van der Waals surface area contributed by atoms with Crippen LogP contribution < -0.4 is 10.3 Å². The predicted octanol–water partition coefficient (Wildman–Crippen LogP) is 3.66. The van der Waals surface area contributed by atoms with Gasteiger partial charge in [-0.3, -0.25) is 9.99 Å². The third-order valence-corrected chi connectivity index (χ3v) is 6.49. The number of hydrogen-bond acceptors (Lipinski definition) is 7. The molecule has 8 heteroatoms. The van der Waals surface area contributed by atoms with Crippen molar-refractivity contribution in [3.05, 3.63) is 67.0 Å². The third kappa shape index (κ3) is 5.35. The lowest BCUT2D eigenvalue weighted by atomic mass is 10.2. The second-order valence-electron chi connectivity index (χ2n) is 9.12. The van der Waals surface area contributed by atoms with E-state index in [2.05, 4.69) is 49.2 Å². The number of imidazole rings is 1. The van der Waals surface area contributed by atoms with Crippen molar-refractivity contribution in [3.63, 3.8) is 0 Å². The highest BCUT2D eigenvalue weighted by Gasteiger charge is 2.21. The number of likely N-dealkylation sites (N-methyl/N-ethyl adjacent to an activating group) is 1. The van der Waals surface area contributed by atoms with E-state index in [1.165, 1.54) is 19.3 Å². The van der Waals surface area contributed by atoms with E-state index in [4.69, 9.17) is 4.98 Å². The van der Waals surface area contributed by atoms with Gasteiger partial charge in [0.1, 0.15) is 12.2 Å². The number of rotatable bonds is 8. The van der Waals surface area contributed by atoms with Crippen molar-refractivity contribution in [2.45, 2.75) is 31.8 Å². The molecule has 4 aromatic rings. The number of nitrogens with one attached hydrogen (secondary N) is 1. The molecule has 0 amide bonds. The van der Waals surface area contributed by atoms with Crippen LogP contribution in [-0.4, -0.2) is 69.0 Å². The average Bonchev–Trinajstić information content (AvgIpc) is 3.09. The van der Waals surface area contributed by atoms with Crippen LogP contribution in [0.4, 0.5) is 5.82 Å². The molecule has 1 saturated heterocycles. The number of aliphatic hydroxyl groups excluding tert-OH is 1. The molecule has 1 aliphatic heterocycles. The van der Waals surface area contributed by atoms with Gasteiger partial charge in [-0.25, -0.2) is 20.0 Å². The lowest BCUT2D eigenvalue weighted by Gasteiger charge is -2.25. The zero-order chi connectivity index (χ0) is 24.0. The highest BCUT2D eigenvalue weighted by atomic mass is 16.3. The summed E-state index contributed by atoms with van der Waals surface area (Å²) >= 11 is 0. The number of nitrogens with zero attached hydrogens (tertiary/aromatic N) is 6. The number of aromatic nitrogens is 4. The van der Waals surface area contributed by atoms with Crippen LogP contribution in [0.2, 0.25) is 0 Å². The maximum atomic E-state index is 10.8. The minimum absolute atomic E-state index is 0.471. The van der Waals surface area contributed by atoms with Crippen molar-refractivity contribution in [3.8, 4) is 17.1 Å². The summed E-state index contributed by atoms with van der Waals surface area (Å²) in [6, 6.07) is 20.3. The number of aliphatic hydroxyl groups is 1. The fourth-order valence-electron chi connectivity index (χ4n) is 4.67. The van der Waals surface area contributed by atoms with E-state index < -0.39 is 6.10 Å². The van der Waals surface area contributed by atoms with Crippen LogP contribution in [0, 0.1) is 0 Å². The highest BCUT2D eigenvalue weighted by molar-refractivity contribution is 5.88. The minimum atomic E-state index is -0.472. The first-order valence-corrected chi connectivity index (χ1v) is 12.4. The first kappa shape index (κ1) is 23.4.